The predicted octanol–water partition coefficient (Wildman–Crippen LogP) is 15.5. The van der Waals surface area contributed by atoms with Gasteiger partial charge in [0.05, 0.1) is 44.5 Å². The molecule has 0 radical (unpaired) electrons. The zero-order chi connectivity index (χ0) is 56.2. The zero-order valence-electron chi connectivity index (χ0n) is 35.6. The van der Waals surface area contributed by atoms with Crippen LogP contribution >= 0.6 is 47.8 Å². The van der Waals surface area contributed by atoms with E-state index in [1.54, 1.807) is 0 Å². The van der Waals surface area contributed by atoms with Gasteiger partial charge in [0.2, 0.25) is 7.84 Å². The van der Waals surface area contributed by atoms with Crippen molar-refractivity contribution in [3.05, 3.63) is 183 Å². The minimum absolute atomic E-state index is 0.386. The first-order valence-electron chi connectivity index (χ1n) is 19.8. The van der Waals surface area contributed by atoms with Gasteiger partial charge in [0.1, 0.15) is 6.15 Å². The highest BCUT2D eigenvalue weighted by atomic mass is 80.0. The van der Waals surface area contributed by atoms with Gasteiger partial charge in [0.25, 0.3) is 0 Å². The summed E-state index contributed by atoms with van der Waals surface area (Å²) < 4.78 is 343. The Kier molecular flexibility index (Phi) is 16.6. The van der Waals surface area contributed by atoms with Gasteiger partial charge in [0, 0.05) is 17.7 Å². The molecule has 29 heteroatoms. The maximum atomic E-state index is 14.2. The fraction of sp³-hybridized carbons (Fsp3) is 0.222. The molecule has 0 aliphatic rings. The Balaban J connectivity index is 0.000000500. The van der Waals surface area contributed by atoms with Crippen LogP contribution in [0.5, 0.6) is 0 Å². The van der Waals surface area contributed by atoms with Crippen LogP contribution < -0.4 is 26.4 Å². The van der Waals surface area contributed by atoms with E-state index in [-0.39, 0.29) is 2.14 Å². The summed E-state index contributed by atoms with van der Waals surface area (Å²) in [7, 11) is 0. The minimum atomic E-state index is -6.13. The fourth-order valence-electron chi connectivity index (χ4n) is 7.72. The largest absolute Gasteiger partial charge is 0.416 e. The topological polar surface area (TPSA) is 3.88 Å². The lowest BCUT2D eigenvalue weighted by Crippen LogP contribution is -2.75. The second-order valence-electron chi connectivity index (χ2n) is 15.9. The van der Waals surface area contributed by atoms with Crippen molar-refractivity contribution in [1.82, 2.24) is 0 Å². The number of hydrogen-bond acceptors (Lipinski definition) is 0. The van der Waals surface area contributed by atoms with Gasteiger partial charge in [-0.25, -0.2) is 0 Å². The van der Waals surface area contributed by atoms with Crippen LogP contribution in [0.15, 0.2) is 128 Å². The van der Waals surface area contributed by atoms with Crippen molar-refractivity contribution in [2.45, 2.75) is 58.1 Å². The number of benzene rings is 5. The Morgan fingerprint density at radius 1 is 0.311 bits per heavy atom. The lowest BCUT2D eigenvalue weighted by Gasteiger charge is -2.46. The fourth-order valence-corrected chi connectivity index (χ4v) is 8.80. The molecule has 5 aromatic carbocycles. The minimum Gasteiger partial charge on any atom is -0.195 e. The van der Waals surface area contributed by atoms with E-state index in [0.29, 0.717) is 0 Å². The number of aromatic nitrogens is 1. The smallest absolute Gasteiger partial charge is 0.195 e. The van der Waals surface area contributed by atoms with E-state index in [1.807, 2.05) is 18.2 Å². The van der Waals surface area contributed by atoms with E-state index < -0.39 is 195 Å². The maximum Gasteiger partial charge on any atom is 0.416 e. The molecule has 0 saturated heterocycles. The molecule has 0 spiro atoms. The summed E-state index contributed by atoms with van der Waals surface area (Å²) in [5, 5.41) is 0. The highest BCUT2D eigenvalue weighted by molar-refractivity contribution is 9.38. The molecular weight excluding hydrogens is 1260 g/mol. The molecule has 400 valence electrons. The number of rotatable bonds is 6. The molecule has 6 rings (SSSR count). The van der Waals surface area contributed by atoms with E-state index >= 15 is 0 Å². The lowest BCUT2D eigenvalue weighted by atomic mass is 9.12. The first-order chi connectivity index (χ1) is 33.3. The van der Waals surface area contributed by atoms with Crippen LogP contribution in [0.3, 0.4) is 0 Å². The summed E-state index contributed by atoms with van der Waals surface area (Å²) in [6.45, 7) is 0.849. The van der Waals surface area contributed by atoms with Crippen molar-refractivity contribution in [3.63, 3.8) is 0 Å². The number of alkyl halides is 27. The maximum absolute atomic E-state index is 14.2. The van der Waals surface area contributed by atoms with Crippen LogP contribution in [0, 0.1) is 0 Å². The monoisotopic (exact) mass is 1280 g/mol. The molecule has 0 N–H and O–H groups in total. The first kappa shape index (κ1) is 59.9. The van der Waals surface area contributed by atoms with Crippen LogP contribution in [-0.4, -0.2) is 6.15 Å². The van der Waals surface area contributed by atoms with Crippen molar-refractivity contribution in [1.29, 1.82) is 0 Å². The third-order valence-electron chi connectivity index (χ3n) is 10.9. The van der Waals surface area contributed by atoms with Crippen LogP contribution in [0.25, 0.3) is 0 Å². The normalized spacial score (nSPS) is 13.7. The van der Waals surface area contributed by atoms with E-state index in [2.05, 4.69) is 88.9 Å². The second-order valence-corrected chi connectivity index (χ2v) is 22.7. The Hall–Kier alpha value is -4.93. The van der Waals surface area contributed by atoms with Crippen molar-refractivity contribution in [3.8, 4) is 0 Å². The standard InChI is InChI=1S/C32H12BF24.C13H11Br3N/c34-25(35,36)13-1-14(26(37,38)39)6-21(5-13)33(22-7-15(27(40,41)42)2-16(8-22)28(43,44)45,23-9-17(29(46,47)48)3-18(10-23)30(49,50)51)24-11-19(31(52,53)54)4-20(12-24)32(55,56)57;14-13(15,16)12-8-4-5-9-17(12)10-11-6-2-1-3-7-11/h1-12H;1-9H,10H2/q-1;+1. The first-order valence-corrected chi connectivity index (χ1v) is 22.2. The SMILES string of the molecule is BrC(Br)(Br)c1cccc[n+]1Cc1ccccc1.FC(F)(F)c1cc([B-](c2cc(C(F)(F)F)cc(C(F)(F)F)c2)(c2cc(C(F)(F)F)cc(C(F)(F)F)c2)c2cc(C(F)(F)F)cc(C(F)(F)F)c2)cc(C(F)(F)F)c1. The van der Waals surface area contributed by atoms with Crippen molar-refractivity contribution in [2.75, 3.05) is 0 Å². The number of pyridine rings is 1. The predicted molar refractivity (Wildman–Crippen MR) is 231 cm³/mol. The molecule has 1 aromatic heterocycles. The van der Waals surface area contributed by atoms with E-state index in [9.17, 15) is 105 Å². The van der Waals surface area contributed by atoms with Crippen LogP contribution in [0.4, 0.5) is 105 Å². The summed E-state index contributed by atoms with van der Waals surface area (Å²) in [4.78, 5) is 0. The summed E-state index contributed by atoms with van der Waals surface area (Å²) in [6, 6.07) is 7.72. The van der Waals surface area contributed by atoms with Gasteiger partial charge in [0.15, 0.2) is 12.7 Å². The average Bonchev–Trinajstić information content (AvgIpc) is 3.24. The van der Waals surface area contributed by atoms with Crippen molar-refractivity contribution in [2.24, 2.45) is 0 Å². The van der Waals surface area contributed by atoms with Crippen LogP contribution in [0.2, 0.25) is 0 Å². The summed E-state index contributed by atoms with van der Waals surface area (Å²) >= 11 is 10.7. The highest BCUT2D eigenvalue weighted by Gasteiger charge is 2.47. The molecule has 0 fully saturated rings. The molecule has 6 aromatic rings. The third kappa shape index (κ3) is 14.1. The summed E-state index contributed by atoms with van der Waals surface area (Å²) in [5.74, 6) is 0. The molecule has 1 nitrogen and oxygen atoms in total. The van der Waals surface area contributed by atoms with Gasteiger partial charge >= 0.3 is 49.4 Å². The van der Waals surface area contributed by atoms with Crippen LogP contribution in [-0.2, 0) is 58.1 Å². The summed E-state index contributed by atoms with van der Waals surface area (Å²) in [6.07, 6.45) is -52.7. The summed E-state index contributed by atoms with van der Waals surface area (Å²) in [5.41, 5.74) is -27.8. The quantitative estimate of drug-likeness (QED) is 0.0677. The molecule has 74 heavy (non-hydrogen) atoms. The van der Waals surface area contributed by atoms with Crippen LogP contribution in [0.1, 0.15) is 55.8 Å². The van der Waals surface area contributed by atoms with Crippen molar-refractivity contribution >= 4 is 75.8 Å². The van der Waals surface area contributed by atoms with E-state index in [4.69, 9.17) is 0 Å². The number of hydrogen-bond donors (Lipinski definition) is 0. The lowest BCUT2D eigenvalue weighted by molar-refractivity contribution is -0.695. The molecular formula is C45H23BBr3F24N. The van der Waals surface area contributed by atoms with Gasteiger partial charge in [-0.2, -0.15) is 132 Å². The number of nitrogens with zero attached hydrogens (tertiary/aromatic N) is 1. The van der Waals surface area contributed by atoms with Gasteiger partial charge in [-0.3, -0.25) is 0 Å². The molecule has 0 saturated carbocycles. The Bertz CT molecular complexity index is 2520. The second kappa shape index (κ2) is 20.6. The van der Waals surface area contributed by atoms with Gasteiger partial charge in [-0.1, -0.05) is 78.9 Å². The van der Waals surface area contributed by atoms with Gasteiger partial charge < -0.3 is 0 Å². The van der Waals surface area contributed by atoms with E-state index in [0.717, 1.165) is 12.2 Å². The molecule has 0 aliphatic carbocycles. The third-order valence-corrected chi connectivity index (χ3v) is 12.1. The molecule has 0 bridgehead atoms. The Morgan fingerprint density at radius 2 is 0.541 bits per heavy atom. The van der Waals surface area contributed by atoms with E-state index in [1.165, 1.54) is 5.56 Å². The van der Waals surface area contributed by atoms with Crippen molar-refractivity contribution < 1.29 is 110 Å². The Labute approximate surface area is 425 Å². The molecule has 0 amide bonds. The van der Waals surface area contributed by atoms with Gasteiger partial charge in [-0.15, -0.1) is 0 Å². The molecule has 1 heterocycles. The highest BCUT2D eigenvalue weighted by Crippen LogP contribution is 2.44. The molecule has 0 atom stereocenters. The molecule has 0 aliphatic heterocycles. The number of halogens is 27. The molecule has 0 unspecified atom stereocenters. The van der Waals surface area contributed by atoms with Gasteiger partial charge in [-0.05, 0) is 78.1 Å². The average molecular weight is 1280 g/mol. The zero-order valence-corrected chi connectivity index (χ0v) is 40.3. The Morgan fingerprint density at radius 3 is 0.757 bits per heavy atom.